The second kappa shape index (κ2) is 8.86. The van der Waals surface area contributed by atoms with Crippen molar-refractivity contribution in [3.63, 3.8) is 0 Å². The number of carbonyl (C=O) groups is 2. The number of nitrogens with one attached hydrogen (secondary N) is 1. The number of alkyl carbamates (subject to hydrolysis) is 1. The van der Waals surface area contributed by atoms with Gasteiger partial charge in [-0.2, -0.15) is 0 Å². The van der Waals surface area contributed by atoms with Gasteiger partial charge in [0.25, 0.3) is 0 Å². The first-order valence-corrected chi connectivity index (χ1v) is 8.65. The monoisotopic (exact) mass is 342 g/mol. The second-order valence-electron chi connectivity index (χ2n) is 6.19. The third kappa shape index (κ3) is 7.45. The minimum Gasteiger partial charge on any atom is -0.461 e. The van der Waals surface area contributed by atoms with Crippen molar-refractivity contribution < 1.29 is 19.1 Å². The minimum absolute atomic E-state index is 0.245. The molecule has 0 aromatic carbocycles. The van der Waals surface area contributed by atoms with Gasteiger partial charge >= 0.3 is 12.1 Å². The maximum absolute atomic E-state index is 12.0. The van der Waals surface area contributed by atoms with Gasteiger partial charge in [0.2, 0.25) is 0 Å². The maximum Gasteiger partial charge on any atom is 0.407 e. The average Bonchev–Trinajstić information content (AvgIpc) is 2.77. The first kappa shape index (κ1) is 19.4. The molecule has 23 heavy (non-hydrogen) atoms. The molecular formula is C16H26N2O4S. The Balaban J connectivity index is 2.28. The van der Waals surface area contributed by atoms with E-state index in [0.717, 1.165) is 23.5 Å². The molecule has 1 heterocycles. The van der Waals surface area contributed by atoms with Gasteiger partial charge in [-0.15, -0.1) is 11.3 Å². The molecule has 1 aromatic heterocycles. The van der Waals surface area contributed by atoms with Gasteiger partial charge in [-0.1, -0.05) is 6.92 Å². The summed E-state index contributed by atoms with van der Waals surface area (Å²) in [6.45, 7) is 9.94. The molecule has 1 amide bonds. The summed E-state index contributed by atoms with van der Waals surface area (Å²) in [4.78, 5) is 28.4. The van der Waals surface area contributed by atoms with E-state index in [-0.39, 0.29) is 12.6 Å². The van der Waals surface area contributed by atoms with Crippen LogP contribution in [0.1, 0.15) is 60.9 Å². The highest BCUT2D eigenvalue weighted by Gasteiger charge is 2.17. The predicted octanol–water partition coefficient (Wildman–Crippen LogP) is 3.48. The summed E-state index contributed by atoms with van der Waals surface area (Å²) in [6, 6.07) is 0. The Bertz CT molecular complexity index is 535. The minimum atomic E-state index is -0.517. The van der Waals surface area contributed by atoms with Gasteiger partial charge in [0.05, 0.1) is 17.3 Å². The van der Waals surface area contributed by atoms with E-state index in [1.807, 2.05) is 6.92 Å². The molecule has 7 heteroatoms. The van der Waals surface area contributed by atoms with Crippen molar-refractivity contribution in [2.75, 3.05) is 13.2 Å². The predicted molar refractivity (Wildman–Crippen MR) is 90.0 cm³/mol. The summed E-state index contributed by atoms with van der Waals surface area (Å²) in [5.41, 5.74) is 0.200. The highest BCUT2D eigenvalue weighted by atomic mass is 32.1. The highest BCUT2D eigenvalue weighted by molar-refractivity contribution is 7.13. The summed E-state index contributed by atoms with van der Waals surface area (Å²) < 4.78 is 10.3. The molecule has 0 radical (unpaired) electrons. The Morgan fingerprint density at radius 1 is 1.30 bits per heavy atom. The number of amides is 1. The number of hydrogen-bond donors (Lipinski definition) is 1. The van der Waals surface area contributed by atoms with Gasteiger partial charge in [-0.05, 0) is 47.0 Å². The summed E-state index contributed by atoms with van der Waals surface area (Å²) >= 11 is 1.39. The number of hydrogen-bond acceptors (Lipinski definition) is 6. The van der Waals surface area contributed by atoms with Gasteiger partial charge in [-0.25, -0.2) is 14.6 Å². The Labute approximate surface area is 141 Å². The molecule has 0 aliphatic rings. The van der Waals surface area contributed by atoms with Crippen LogP contribution < -0.4 is 5.32 Å². The summed E-state index contributed by atoms with van der Waals surface area (Å²) in [5.74, 6) is -0.348. The molecule has 0 atom stereocenters. The number of rotatable bonds is 7. The molecule has 0 unspecified atom stereocenters. The zero-order chi connectivity index (χ0) is 17.5. The molecule has 6 nitrogen and oxygen atoms in total. The van der Waals surface area contributed by atoms with E-state index >= 15 is 0 Å². The van der Waals surface area contributed by atoms with Crippen molar-refractivity contribution in [3.8, 4) is 0 Å². The number of nitrogens with zero attached hydrogens (tertiary/aromatic N) is 1. The molecular weight excluding hydrogens is 316 g/mol. The van der Waals surface area contributed by atoms with Crippen LogP contribution in [0.3, 0.4) is 0 Å². The van der Waals surface area contributed by atoms with Crippen molar-refractivity contribution in [1.82, 2.24) is 10.3 Å². The molecule has 0 aliphatic carbocycles. The van der Waals surface area contributed by atoms with Crippen molar-refractivity contribution in [2.45, 2.75) is 59.5 Å². The normalized spacial score (nSPS) is 11.2. The molecule has 1 N–H and O–H groups in total. The van der Waals surface area contributed by atoms with Gasteiger partial charge in [0, 0.05) is 6.54 Å². The highest BCUT2D eigenvalue weighted by Crippen LogP contribution is 2.20. The SMILES string of the molecule is CCCc1nc(C)c(C(=O)OCCCNC(=O)OC(C)(C)C)s1. The Kier molecular flexibility index (Phi) is 7.48. The smallest absolute Gasteiger partial charge is 0.407 e. The third-order valence-corrected chi connectivity index (χ3v) is 3.91. The topological polar surface area (TPSA) is 77.5 Å². The fourth-order valence-electron chi connectivity index (χ4n) is 1.77. The number of carbonyl (C=O) groups excluding carboxylic acids is 2. The van der Waals surface area contributed by atoms with E-state index in [2.05, 4.69) is 17.2 Å². The fraction of sp³-hybridized carbons (Fsp3) is 0.688. The lowest BCUT2D eigenvalue weighted by Crippen LogP contribution is -2.33. The molecule has 0 bridgehead atoms. The zero-order valence-corrected chi connectivity index (χ0v) is 15.3. The van der Waals surface area contributed by atoms with Crippen LogP contribution in [0, 0.1) is 6.92 Å². The summed E-state index contributed by atoms with van der Waals surface area (Å²) in [7, 11) is 0. The van der Waals surface area contributed by atoms with E-state index in [1.165, 1.54) is 11.3 Å². The van der Waals surface area contributed by atoms with E-state index < -0.39 is 11.7 Å². The van der Waals surface area contributed by atoms with E-state index in [4.69, 9.17) is 9.47 Å². The molecule has 0 saturated heterocycles. The van der Waals surface area contributed by atoms with Crippen LogP contribution in [0.4, 0.5) is 4.79 Å². The van der Waals surface area contributed by atoms with E-state index in [1.54, 1.807) is 20.8 Å². The quantitative estimate of drug-likeness (QED) is 0.606. The van der Waals surface area contributed by atoms with Gasteiger partial charge in [-0.3, -0.25) is 0 Å². The Hall–Kier alpha value is -1.63. The van der Waals surface area contributed by atoms with Gasteiger partial charge in [0.1, 0.15) is 10.5 Å². The van der Waals surface area contributed by atoms with E-state index in [0.29, 0.717) is 17.8 Å². The largest absolute Gasteiger partial charge is 0.461 e. The van der Waals surface area contributed by atoms with Crippen LogP contribution in [-0.4, -0.2) is 35.8 Å². The molecule has 0 spiro atoms. The molecule has 1 aromatic rings. The van der Waals surface area contributed by atoms with Crippen molar-refractivity contribution in [3.05, 3.63) is 15.6 Å². The van der Waals surface area contributed by atoms with Crippen LogP contribution in [0.5, 0.6) is 0 Å². The van der Waals surface area contributed by atoms with Crippen LogP contribution >= 0.6 is 11.3 Å². The molecule has 1 rings (SSSR count). The summed E-state index contributed by atoms with van der Waals surface area (Å²) in [5, 5.41) is 3.58. The van der Waals surface area contributed by atoms with Gasteiger partial charge < -0.3 is 14.8 Å². The number of aromatic nitrogens is 1. The average molecular weight is 342 g/mol. The molecule has 130 valence electrons. The van der Waals surface area contributed by atoms with Crippen molar-refractivity contribution in [2.24, 2.45) is 0 Å². The zero-order valence-electron chi connectivity index (χ0n) is 14.5. The van der Waals surface area contributed by atoms with Crippen LogP contribution in [0.25, 0.3) is 0 Å². The lowest BCUT2D eigenvalue weighted by molar-refractivity contribution is 0.0486. The lowest BCUT2D eigenvalue weighted by Gasteiger charge is -2.19. The van der Waals surface area contributed by atoms with E-state index in [9.17, 15) is 9.59 Å². The fourth-order valence-corrected chi connectivity index (χ4v) is 2.83. The first-order valence-electron chi connectivity index (χ1n) is 7.83. The van der Waals surface area contributed by atoms with Gasteiger partial charge in [0.15, 0.2) is 0 Å². The number of aryl methyl sites for hydroxylation is 2. The first-order chi connectivity index (χ1) is 10.7. The molecule has 0 aliphatic heterocycles. The standard InChI is InChI=1S/C16H26N2O4S/c1-6-8-12-18-11(2)13(23-12)14(19)21-10-7-9-17-15(20)22-16(3,4)5/h6-10H2,1-5H3,(H,17,20). The summed E-state index contributed by atoms with van der Waals surface area (Å²) in [6.07, 6.45) is 1.94. The Morgan fingerprint density at radius 2 is 2.00 bits per heavy atom. The van der Waals surface area contributed by atoms with Crippen LogP contribution in [-0.2, 0) is 15.9 Å². The molecule has 0 saturated carbocycles. The maximum atomic E-state index is 12.0. The Morgan fingerprint density at radius 3 is 2.61 bits per heavy atom. The lowest BCUT2D eigenvalue weighted by atomic mass is 10.2. The van der Waals surface area contributed by atoms with Crippen LogP contribution in [0.15, 0.2) is 0 Å². The van der Waals surface area contributed by atoms with Crippen molar-refractivity contribution in [1.29, 1.82) is 0 Å². The van der Waals surface area contributed by atoms with Crippen molar-refractivity contribution >= 4 is 23.4 Å². The molecule has 0 fully saturated rings. The van der Waals surface area contributed by atoms with Crippen LogP contribution in [0.2, 0.25) is 0 Å². The third-order valence-electron chi connectivity index (χ3n) is 2.71. The number of thiazole rings is 1. The number of ether oxygens (including phenoxy) is 2. The number of esters is 1. The second-order valence-corrected chi connectivity index (χ2v) is 7.27.